The van der Waals surface area contributed by atoms with Gasteiger partial charge in [-0.15, -0.1) is 24.8 Å². The number of hydrogen-bond acceptors (Lipinski definition) is 5. The Hall–Kier alpha value is -2.16. The first-order chi connectivity index (χ1) is 11.8. The van der Waals surface area contributed by atoms with E-state index in [4.69, 9.17) is 26.4 Å². The molecule has 0 atom stereocenters. The van der Waals surface area contributed by atoms with Gasteiger partial charge in [0, 0.05) is 24.6 Å². The van der Waals surface area contributed by atoms with Crippen molar-refractivity contribution in [3.63, 3.8) is 0 Å². The fourth-order valence-corrected chi connectivity index (χ4v) is 2.29. The summed E-state index contributed by atoms with van der Waals surface area (Å²) in [5, 5.41) is 8.16. The zero-order chi connectivity index (χ0) is 18.6. The minimum atomic E-state index is -0.398. The van der Waals surface area contributed by atoms with Crippen LogP contribution in [0.4, 0.5) is 0 Å². The van der Waals surface area contributed by atoms with Crippen molar-refractivity contribution in [3.05, 3.63) is 23.9 Å². The summed E-state index contributed by atoms with van der Waals surface area (Å²) in [4.78, 5) is 16.5. The summed E-state index contributed by atoms with van der Waals surface area (Å²) < 4.78 is 11.6. The summed E-state index contributed by atoms with van der Waals surface area (Å²) >= 11 is 0. The molecule has 0 radical (unpaired) electrons. The van der Waals surface area contributed by atoms with E-state index in [0.717, 1.165) is 16.7 Å². The Labute approximate surface area is 170 Å². The number of ether oxygens (including phenoxy) is 2. The van der Waals surface area contributed by atoms with E-state index < -0.39 is 5.91 Å². The average molecular weight is 420 g/mol. The van der Waals surface area contributed by atoms with Crippen molar-refractivity contribution in [1.82, 2.24) is 9.88 Å². The number of halogens is 2. The van der Waals surface area contributed by atoms with Gasteiger partial charge in [-0.2, -0.15) is 0 Å². The quantitative estimate of drug-likeness (QED) is 0.311. The van der Waals surface area contributed by atoms with Gasteiger partial charge in [-0.25, -0.2) is 0 Å². The maximum atomic E-state index is 12.4. The number of nitrogens with one attached hydrogen (secondary N) is 2. The fraction of sp³-hybridized carbons (Fsp3) is 0.412. The zero-order valence-electron chi connectivity index (χ0n) is 15.6. The molecule has 0 saturated carbocycles. The van der Waals surface area contributed by atoms with Crippen LogP contribution >= 0.6 is 24.8 Å². The van der Waals surface area contributed by atoms with Crippen LogP contribution in [-0.4, -0.2) is 48.1 Å². The number of carbonyl (C=O) groups excluding carboxylic acids is 1. The van der Waals surface area contributed by atoms with Crippen LogP contribution in [0.5, 0.6) is 11.5 Å². The van der Waals surface area contributed by atoms with E-state index >= 15 is 0 Å². The van der Waals surface area contributed by atoms with Crippen LogP contribution in [-0.2, 0) is 0 Å². The summed E-state index contributed by atoms with van der Waals surface area (Å²) in [5.41, 5.74) is 11.9. The van der Waals surface area contributed by atoms with Gasteiger partial charge in [0.25, 0.3) is 5.91 Å². The summed E-state index contributed by atoms with van der Waals surface area (Å²) in [7, 11) is 1.45. The van der Waals surface area contributed by atoms with Crippen LogP contribution < -0.4 is 20.9 Å². The molecule has 1 amide bonds. The van der Waals surface area contributed by atoms with E-state index in [1.54, 1.807) is 12.1 Å². The molecule has 2 aromatic rings. The van der Waals surface area contributed by atoms with E-state index in [-0.39, 0.29) is 36.9 Å². The molecule has 0 fully saturated rings. The molecule has 152 valence electrons. The second kappa shape index (κ2) is 10.9. The fourth-order valence-electron chi connectivity index (χ4n) is 2.29. The average Bonchev–Trinajstić information content (AvgIpc) is 2.97. The number of nitrogens with two attached hydrogens (primary N) is 2. The number of aromatic nitrogens is 1. The molecule has 0 aliphatic rings. The molecule has 2 rings (SSSR count). The number of benzene rings is 1. The molecule has 1 heterocycles. The lowest BCUT2D eigenvalue weighted by molar-refractivity contribution is 0.0864. The Morgan fingerprint density at radius 2 is 1.96 bits per heavy atom. The summed E-state index contributed by atoms with van der Waals surface area (Å²) in [5.74, 6) is 0.534. The van der Waals surface area contributed by atoms with Crippen molar-refractivity contribution in [1.29, 1.82) is 5.41 Å². The highest BCUT2D eigenvalue weighted by Crippen LogP contribution is 2.33. The number of rotatable bonds is 7. The van der Waals surface area contributed by atoms with Gasteiger partial charge < -0.3 is 25.9 Å². The lowest BCUT2D eigenvalue weighted by Gasteiger charge is -2.13. The first-order valence-electron chi connectivity index (χ1n) is 8.11. The van der Waals surface area contributed by atoms with Gasteiger partial charge >= 0.3 is 0 Å². The molecule has 10 heteroatoms. The largest absolute Gasteiger partial charge is 0.493 e. The lowest BCUT2D eigenvalue weighted by atomic mass is 10.2. The first-order valence-corrected chi connectivity index (χ1v) is 8.11. The monoisotopic (exact) mass is 419 g/mol. The first kappa shape index (κ1) is 24.8. The Kier molecular flexibility index (Phi) is 9.99. The van der Waals surface area contributed by atoms with Crippen molar-refractivity contribution in [2.75, 3.05) is 20.2 Å². The van der Waals surface area contributed by atoms with Crippen molar-refractivity contribution < 1.29 is 14.3 Å². The molecule has 27 heavy (non-hydrogen) atoms. The van der Waals surface area contributed by atoms with Crippen molar-refractivity contribution in [3.8, 4) is 11.5 Å². The Morgan fingerprint density at radius 1 is 1.30 bits per heavy atom. The van der Waals surface area contributed by atoms with Crippen LogP contribution in [0.3, 0.4) is 0 Å². The van der Waals surface area contributed by atoms with Crippen LogP contribution in [0.1, 0.15) is 30.8 Å². The molecule has 0 unspecified atom stereocenters. The lowest BCUT2D eigenvalue weighted by Crippen LogP contribution is -2.38. The number of hydrogen-bond donors (Lipinski definition) is 4. The molecule has 0 aliphatic heterocycles. The number of carbonyl (C=O) groups is 1. The standard InChI is InChI=1S/C17H25N5O3.2ClH/c1-10(2)25-15-8-11(24-6-4-5-18)7-13-12(15)9-14(21-13)16(23)22(3)17(19)20;;/h7-10,21H,4-6,18H2,1-3H3,(H3,19,20);2*1H. The van der Waals surface area contributed by atoms with Gasteiger partial charge in [0.15, 0.2) is 5.96 Å². The molecular formula is C17H27Cl2N5O3. The molecule has 0 bridgehead atoms. The highest BCUT2D eigenvalue weighted by atomic mass is 35.5. The number of aromatic amines is 1. The number of amides is 1. The maximum absolute atomic E-state index is 12.4. The topological polar surface area (TPSA) is 130 Å². The third-order valence-corrected chi connectivity index (χ3v) is 3.55. The molecule has 6 N–H and O–H groups in total. The maximum Gasteiger partial charge on any atom is 0.276 e. The van der Waals surface area contributed by atoms with E-state index in [1.807, 2.05) is 19.9 Å². The summed E-state index contributed by atoms with van der Waals surface area (Å²) in [6, 6.07) is 5.30. The highest BCUT2D eigenvalue weighted by molar-refractivity contribution is 6.06. The second-order valence-corrected chi connectivity index (χ2v) is 5.97. The third-order valence-electron chi connectivity index (χ3n) is 3.55. The zero-order valence-corrected chi connectivity index (χ0v) is 17.2. The van der Waals surface area contributed by atoms with Crippen LogP contribution in [0.25, 0.3) is 10.9 Å². The predicted octanol–water partition coefficient (Wildman–Crippen LogP) is 2.49. The van der Waals surface area contributed by atoms with Crippen molar-refractivity contribution in [2.45, 2.75) is 26.4 Å². The highest BCUT2D eigenvalue weighted by Gasteiger charge is 2.19. The minimum absolute atomic E-state index is 0. The van der Waals surface area contributed by atoms with Crippen molar-refractivity contribution in [2.24, 2.45) is 11.5 Å². The van der Waals surface area contributed by atoms with Crippen LogP contribution in [0.15, 0.2) is 18.2 Å². The van der Waals surface area contributed by atoms with Gasteiger partial charge in [-0.3, -0.25) is 15.1 Å². The molecule has 0 spiro atoms. The van der Waals surface area contributed by atoms with E-state index in [1.165, 1.54) is 7.05 Å². The second-order valence-electron chi connectivity index (χ2n) is 5.97. The van der Waals surface area contributed by atoms with Gasteiger partial charge in [-0.1, -0.05) is 0 Å². The van der Waals surface area contributed by atoms with Crippen LogP contribution in [0, 0.1) is 5.41 Å². The van der Waals surface area contributed by atoms with E-state index in [0.29, 0.717) is 35.9 Å². The van der Waals surface area contributed by atoms with Gasteiger partial charge in [0.1, 0.15) is 17.2 Å². The smallest absolute Gasteiger partial charge is 0.276 e. The normalized spacial score (nSPS) is 10.1. The Bertz CT molecular complexity index is 779. The molecule has 0 aliphatic carbocycles. The minimum Gasteiger partial charge on any atom is -0.493 e. The number of fused-ring (bicyclic) bond motifs is 1. The molecule has 0 saturated heterocycles. The number of guanidine groups is 1. The number of H-pyrrole nitrogens is 1. The Balaban J connectivity index is 0.00000338. The molecule has 1 aromatic carbocycles. The summed E-state index contributed by atoms with van der Waals surface area (Å²) in [6.45, 7) is 4.91. The predicted molar refractivity (Wildman–Crippen MR) is 112 cm³/mol. The Morgan fingerprint density at radius 3 is 2.52 bits per heavy atom. The van der Waals surface area contributed by atoms with E-state index in [2.05, 4.69) is 4.98 Å². The molecular weight excluding hydrogens is 393 g/mol. The molecule has 1 aromatic heterocycles. The van der Waals surface area contributed by atoms with Crippen LogP contribution in [0.2, 0.25) is 0 Å². The SMILES string of the molecule is CC(C)Oc1cc(OCCCN)cc2[nH]c(C(=O)N(C)C(=N)N)cc12.Cl.Cl. The summed E-state index contributed by atoms with van der Waals surface area (Å²) in [6.07, 6.45) is 0.715. The number of nitrogens with zero attached hydrogens (tertiary/aromatic N) is 1. The van der Waals surface area contributed by atoms with Gasteiger partial charge in [0.05, 0.1) is 18.2 Å². The van der Waals surface area contributed by atoms with Crippen molar-refractivity contribution >= 4 is 47.6 Å². The van der Waals surface area contributed by atoms with Gasteiger partial charge in [-0.05, 0) is 32.9 Å². The van der Waals surface area contributed by atoms with Gasteiger partial charge in [0.2, 0.25) is 0 Å². The third kappa shape index (κ3) is 6.20. The molecule has 8 nitrogen and oxygen atoms in total. The van der Waals surface area contributed by atoms with E-state index in [9.17, 15) is 4.79 Å².